The number of phenolic OH excluding ortho intramolecular Hbond substituents is 1. The molecule has 2 N–H and O–H groups in total. The number of aromatic hydroxyl groups is 1. The lowest BCUT2D eigenvalue weighted by Gasteiger charge is -2.28. The van der Waals surface area contributed by atoms with Gasteiger partial charge in [-0.1, -0.05) is 59.7 Å². The highest BCUT2D eigenvalue weighted by molar-refractivity contribution is 8.00. The predicted octanol–water partition coefficient (Wildman–Crippen LogP) is 5.82. The highest BCUT2D eigenvalue weighted by Gasteiger charge is 2.42. The number of hydrogen-bond acceptors (Lipinski definition) is 5. The summed E-state index contributed by atoms with van der Waals surface area (Å²) in [6.45, 7) is 13.3. The van der Waals surface area contributed by atoms with E-state index < -0.39 is 17.2 Å². The summed E-state index contributed by atoms with van der Waals surface area (Å²) < 4.78 is 5.60. The number of ketones is 1. The number of carboxylic acid groups (broad SMARTS) is 1. The van der Waals surface area contributed by atoms with Crippen LogP contribution in [0.3, 0.4) is 0 Å². The Morgan fingerprint density at radius 3 is 1.84 bits per heavy atom. The molecule has 0 aromatic heterocycles. The summed E-state index contributed by atoms with van der Waals surface area (Å²) in [5.41, 5.74) is -0.644. The van der Waals surface area contributed by atoms with Gasteiger partial charge in [-0.05, 0) is 42.0 Å². The lowest BCUT2D eigenvalue weighted by atomic mass is 9.79. The van der Waals surface area contributed by atoms with Crippen LogP contribution in [0.25, 0.3) is 0 Å². The number of rotatable bonds is 8. The molecule has 0 saturated carbocycles. The van der Waals surface area contributed by atoms with Crippen molar-refractivity contribution in [2.75, 3.05) is 12.4 Å². The van der Waals surface area contributed by atoms with Gasteiger partial charge in [-0.15, -0.1) is 11.8 Å². The van der Waals surface area contributed by atoms with Gasteiger partial charge in [0.2, 0.25) is 0 Å². The number of carboxylic acids is 1. The van der Waals surface area contributed by atoms with Gasteiger partial charge >= 0.3 is 5.97 Å². The number of thioether (sulfide) groups is 1. The van der Waals surface area contributed by atoms with Gasteiger partial charge in [0.05, 0.1) is 5.75 Å². The zero-order valence-corrected chi connectivity index (χ0v) is 20.8. The van der Waals surface area contributed by atoms with Crippen LogP contribution in [-0.4, -0.2) is 34.3 Å². The standard InChI is InChI=1S/C26H34O5S/c1-24(2,3)19-13-18(14-20(22(19)28)25(4,5)6)32-15-21(27)26(7,23(29)30)16-31-17-11-9-8-10-12-17/h8-14,28H,15-16H2,1-7H3,(H,29,30). The second-order valence-corrected chi connectivity index (χ2v) is 11.4. The number of aliphatic carboxylic acids is 1. The van der Waals surface area contributed by atoms with E-state index in [1.54, 1.807) is 24.3 Å². The normalized spacial score (nSPS) is 14.0. The maximum Gasteiger partial charge on any atom is 0.320 e. The first kappa shape index (κ1) is 25.8. The van der Waals surface area contributed by atoms with Crippen LogP contribution in [0.5, 0.6) is 11.5 Å². The third-order valence-corrected chi connectivity index (χ3v) is 6.40. The summed E-state index contributed by atoms with van der Waals surface area (Å²) in [7, 11) is 0. The second kappa shape index (κ2) is 9.57. The van der Waals surface area contributed by atoms with Crippen LogP contribution in [-0.2, 0) is 20.4 Å². The van der Waals surface area contributed by atoms with Crippen molar-refractivity contribution in [3.05, 3.63) is 53.6 Å². The summed E-state index contributed by atoms with van der Waals surface area (Å²) in [5, 5.41) is 20.6. The molecule has 2 aromatic carbocycles. The molecule has 1 atom stereocenters. The Hall–Kier alpha value is -2.47. The third kappa shape index (κ3) is 6.06. The van der Waals surface area contributed by atoms with Gasteiger partial charge in [-0.25, -0.2) is 0 Å². The first-order valence-electron chi connectivity index (χ1n) is 10.6. The number of benzene rings is 2. The van der Waals surface area contributed by atoms with E-state index in [1.807, 2.05) is 59.7 Å². The minimum Gasteiger partial charge on any atom is -0.507 e. The molecule has 0 spiro atoms. The number of carbonyl (C=O) groups is 2. The summed E-state index contributed by atoms with van der Waals surface area (Å²) in [4.78, 5) is 25.8. The maximum atomic E-state index is 13.0. The Balaban J connectivity index is 2.26. The molecular weight excluding hydrogens is 424 g/mol. The van der Waals surface area contributed by atoms with Crippen LogP contribution in [0.4, 0.5) is 0 Å². The molecule has 5 nitrogen and oxygen atoms in total. The lowest BCUT2D eigenvalue weighted by molar-refractivity contribution is -0.154. The van der Waals surface area contributed by atoms with E-state index in [1.165, 1.54) is 18.7 Å². The summed E-state index contributed by atoms with van der Waals surface area (Å²) in [6.07, 6.45) is 0. The third-order valence-electron chi connectivity index (χ3n) is 5.43. The highest BCUT2D eigenvalue weighted by atomic mass is 32.2. The Morgan fingerprint density at radius 1 is 0.906 bits per heavy atom. The molecule has 6 heteroatoms. The Kier molecular flexibility index (Phi) is 7.71. The van der Waals surface area contributed by atoms with Crippen LogP contribution < -0.4 is 4.74 Å². The van der Waals surface area contributed by atoms with Crippen LogP contribution in [0.2, 0.25) is 0 Å². The van der Waals surface area contributed by atoms with Crippen molar-refractivity contribution in [2.45, 2.75) is 64.2 Å². The first-order valence-corrected chi connectivity index (χ1v) is 11.6. The molecule has 0 radical (unpaired) electrons. The van der Waals surface area contributed by atoms with E-state index in [9.17, 15) is 19.8 Å². The summed E-state index contributed by atoms with van der Waals surface area (Å²) in [5.74, 6) is -0.862. The van der Waals surface area contributed by atoms with Crippen molar-refractivity contribution >= 4 is 23.5 Å². The number of ether oxygens (including phenoxy) is 1. The largest absolute Gasteiger partial charge is 0.507 e. The van der Waals surface area contributed by atoms with E-state index in [0.717, 1.165) is 16.0 Å². The van der Waals surface area contributed by atoms with Crippen molar-refractivity contribution in [1.29, 1.82) is 0 Å². The molecule has 0 aliphatic rings. The fourth-order valence-electron chi connectivity index (χ4n) is 3.15. The number of Topliss-reactive ketones (excluding diaryl/α,β-unsaturated/α-hetero) is 1. The average molecular weight is 459 g/mol. The molecule has 32 heavy (non-hydrogen) atoms. The topological polar surface area (TPSA) is 83.8 Å². The molecule has 0 bridgehead atoms. The molecule has 2 rings (SSSR count). The molecule has 0 saturated heterocycles. The molecule has 174 valence electrons. The van der Waals surface area contributed by atoms with Crippen molar-refractivity contribution in [1.82, 2.24) is 0 Å². The van der Waals surface area contributed by atoms with Gasteiger partial charge in [0, 0.05) is 16.0 Å². The molecule has 1 unspecified atom stereocenters. The average Bonchev–Trinajstić information content (AvgIpc) is 2.69. The minimum atomic E-state index is -1.67. The van der Waals surface area contributed by atoms with E-state index in [-0.39, 0.29) is 28.9 Å². The monoisotopic (exact) mass is 458 g/mol. The minimum absolute atomic E-state index is 0.0150. The molecule has 0 fully saturated rings. The predicted molar refractivity (Wildman–Crippen MR) is 129 cm³/mol. The Morgan fingerprint density at radius 2 is 1.41 bits per heavy atom. The fraction of sp³-hybridized carbons (Fsp3) is 0.462. The summed E-state index contributed by atoms with van der Waals surface area (Å²) in [6, 6.07) is 12.6. The Bertz CT molecular complexity index is 935. The van der Waals surface area contributed by atoms with Gasteiger partial charge in [0.1, 0.15) is 18.1 Å². The zero-order valence-electron chi connectivity index (χ0n) is 20.0. The van der Waals surface area contributed by atoms with Crippen LogP contribution >= 0.6 is 11.8 Å². The van der Waals surface area contributed by atoms with Crippen molar-refractivity contribution < 1.29 is 24.5 Å². The van der Waals surface area contributed by atoms with E-state index in [4.69, 9.17) is 4.74 Å². The maximum absolute atomic E-state index is 13.0. The van der Waals surface area contributed by atoms with Crippen LogP contribution in [0, 0.1) is 5.41 Å². The second-order valence-electron chi connectivity index (χ2n) is 10.3. The van der Waals surface area contributed by atoms with Gasteiger partial charge in [0.15, 0.2) is 11.2 Å². The molecule has 0 heterocycles. The van der Waals surface area contributed by atoms with Crippen LogP contribution in [0.15, 0.2) is 47.4 Å². The molecule has 0 aliphatic carbocycles. The summed E-state index contributed by atoms with van der Waals surface area (Å²) >= 11 is 1.28. The zero-order chi connectivity index (χ0) is 24.3. The van der Waals surface area contributed by atoms with Gasteiger partial charge in [-0.2, -0.15) is 0 Å². The molecule has 0 aliphatic heterocycles. The smallest absolute Gasteiger partial charge is 0.320 e. The number of hydrogen-bond donors (Lipinski definition) is 2. The van der Waals surface area contributed by atoms with Crippen molar-refractivity contribution in [3.8, 4) is 11.5 Å². The molecule has 0 amide bonds. The van der Waals surface area contributed by atoms with Crippen molar-refractivity contribution in [2.24, 2.45) is 5.41 Å². The lowest BCUT2D eigenvalue weighted by Crippen LogP contribution is -2.42. The first-order chi connectivity index (χ1) is 14.7. The quantitative estimate of drug-likeness (QED) is 0.383. The highest BCUT2D eigenvalue weighted by Crippen LogP contribution is 2.42. The van der Waals surface area contributed by atoms with Gasteiger partial charge in [-0.3, -0.25) is 9.59 Å². The number of phenols is 1. The molecular formula is C26H34O5S. The van der Waals surface area contributed by atoms with E-state index in [2.05, 4.69) is 0 Å². The van der Waals surface area contributed by atoms with Gasteiger partial charge in [0.25, 0.3) is 0 Å². The van der Waals surface area contributed by atoms with Crippen molar-refractivity contribution in [3.63, 3.8) is 0 Å². The van der Waals surface area contributed by atoms with Crippen LogP contribution in [0.1, 0.15) is 59.6 Å². The molecule has 2 aromatic rings. The van der Waals surface area contributed by atoms with Gasteiger partial charge < -0.3 is 14.9 Å². The SMILES string of the molecule is CC(COc1ccccc1)(C(=O)O)C(=O)CSc1cc(C(C)(C)C)c(O)c(C(C)(C)C)c1. The van der Waals surface area contributed by atoms with E-state index in [0.29, 0.717) is 5.75 Å². The number of para-hydroxylation sites is 1. The Labute approximate surface area is 195 Å². The number of carbonyl (C=O) groups excluding carboxylic acids is 1. The fourth-order valence-corrected chi connectivity index (χ4v) is 4.17. The van der Waals surface area contributed by atoms with E-state index >= 15 is 0 Å².